The van der Waals surface area contributed by atoms with Crippen molar-refractivity contribution in [2.75, 3.05) is 54.4 Å². The zero-order chi connectivity index (χ0) is 13.5. The van der Waals surface area contributed by atoms with Crippen molar-refractivity contribution < 1.29 is 8.97 Å². The molecule has 18 heavy (non-hydrogen) atoms. The molecule has 1 fully saturated rings. The maximum Gasteiger partial charge on any atom is 0.0782 e. The second-order valence-electron chi connectivity index (χ2n) is 7.59. The topological polar surface area (TPSA) is 0 Å². The fourth-order valence-electron chi connectivity index (χ4n) is 3.09. The molecule has 2 nitrogen and oxygen atoms in total. The van der Waals surface area contributed by atoms with E-state index in [0.717, 1.165) is 0 Å². The van der Waals surface area contributed by atoms with Gasteiger partial charge in [0.2, 0.25) is 0 Å². The molecule has 1 aliphatic heterocycles. The molecule has 1 aliphatic rings. The van der Waals surface area contributed by atoms with Gasteiger partial charge >= 0.3 is 0 Å². The van der Waals surface area contributed by atoms with E-state index >= 15 is 0 Å². The minimum Gasteiger partial charge on any atom is -0.328 e. The van der Waals surface area contributed by atoms with E-state index in [1.165, 1.54) is 86.5 Å². The maximum atomic E-state index is 2.41. The first-order chi connectivity index (χ1) is 8.41. The molecule has 0 aliphatic carbocycles. The summed E-state index contributed by atoms with van der Waals surface area (Å²) in [6, 6.07) is 0. The standard InChI is InChI=1S/C16H36N2/c1-17(2)13-9-5-7-11-15-18(3,4)16-12-8-6-10-14-17/h5-16H2,1-4H3/q+2. The molecule has 108 valence electrons. The Morgan fingerprint density at radius 1 is 0.389 bits per heavy atom. The third-order valence-electron chi connectivity index (χ3n) is 4.55. The first-order valence-electron chi connectivity index (χ1n) is 8.05. The van der Waals surface area contributed by atoms with E-state index in [0.29, 0.717) is 0 Å². The summed E-state index contributed by atoms with van der Waals surface area (Å²) in [5.41, 5.74) is 0. The molecule has 0 radical (unpaired) electrons. The lowest BCUT2D eigenvalue weighted by molar-refractivity contribution is -0.892. The Morgan fingerprint density at radius 3 is 0.833 bits per heavy atom. The van der Waals surface area contributed by atoms with Gasteiger partial charge in [-0.3, -0.25) is 0 Å². The molecule has 0 N–H and O–H groups in total. The van der Waals surface area contributed by atoms with E-state index in [9.17, 15) is 0 Å². The molecule has 0 saturated carbocycles. The molecular weight excluding hydrogens is 220 g/mol. The molecule has 0 aromatic heterocycles. The molecule has 0 aromatic rings. The Hall–Kier alpha value is -0.0800. The minimum absolute atomic E-state index is 1.24. The SMILES string of the molecule is C[N+]1(C)CCCCCC[N+](C)(C)CCCCCC1. The number of hydrogen-bond donors (Lipinski definition) is 0. The van der Waals surface area contributed by atoms with Gasteiger partial charge in [-0.2, -0.15) is 0 Å². The Labute approximate surface area is 115 Å². The van der Waals surface area contributed by atoms with E-state index in [2.05, 4.69) is 28.2 Å². The average Bonchev–Trinajstić information content (AvgIpc) is 2.27. The molecule has 2 heteroatoms. The lowest BCUT2D eigenvalue weighted by Crippen LogP contribution is -2.42. The van der Waals surface area contributed by atoms with Gasteiger partial charge in [0.25, 0.3) is 0 Å². The zero-order valence-electron chi connectivity index (χ0n) is 13.4. The number of nitrogens with zero attached hydrogens (tertiary/aromatic N) is 2. The monoisotopic (exact) mass is 256 g/mol. The van der Waals surface area contributed by atoms with E-state index < -0.39 is 0 Å². The van der Waals surface area contributed by atoms with E-state index in [-0.39, 0.29) is 0 Å². The second kappa shape index (κ2) is 7.49. The van der Waals surface area contributed by atoms with Crippen LogP contribution in [0.2, 0.25) is 0 Å². The smallest absolute Gasteiger partial charge is 0.0782 e. The van der Waals surface area contributed by atoms with Crippen LogP contribution in [0.15, 0.2) is 0 Å². The normalized spacial score (nSPS) is 27.3. The van der Waals surface area contributed by atoms with Crippen LogP contribution in [0.1, 0.15) is 51.4 Å². The van der Waals surface area contributed by atoms with Gasteiger partial charge in [-0.25, -0.2) is 0 Å². The minimum atomic E-state index is 1.24. The number of rotatable bonds is 0. The lowest BCUT2D eigenvalue weighted by Gasteiger charge is -2.32. The molecule has 1 saturated heterocycles. The van der Waals surface area contributed by atoms with Crippen LogP contribution in [-0.4, -0.2) is 63.3 Å². The lowest BCUT2D eigenvalue weighted by atomic mass is 10.1. The highest BCUT2D eigenvalue weighted by atomic mass is 15.3. The second-order valence-corrected chi connectivity index (χ2v) is 7.59. The molecule has 1 rings (SSSR count). The molecule has 0 aromatic carbocycles. The predicted molar refractivity (Wildman–Crippen MR) is 80.6 cm³/mol. The Bertz CT molecular complexity index is 177. The van der Waals surface area contributed by atoms with E-state index in [1.807, 2.05) is 0 Å². The summed E-state index contributed by atoms with van der Waals surface area (Å²) in [7, 11) is 9.63. The molecule has 0 spiro atoms. The summed E-state index contributed by atoms with van der Waals surface area (Å²) in [6.45, 7) is 5.49. The molecule has 0 amide bonds. The summed E-state index contributed by atoms with van der Waals surface area (Å²) in [4.78, 5) is 0. The van der Waals surface area contributed by atoms with E-state index in [1.54, 1.807) is 0 Å². The van der Waals surface area contributed by atoms with Gasteiger partial charge in [-0.1, -0.05) is 0 Å². The Balaban J connectivity index is 2.36. The number of quaternary nitrogens is 2. The summed E-state index contributed by atoms with van der Waals surface area (Å²) in [5, 5.41) is 0. The maximum absolute atomic E-state index is 2.41. The van der Waals surface area contributed by atoms with Gasteiger partial charge in [-0.05, 0) is 51.4 Å². The highest BCUT2D eigenvalue weighted by Crippen LogP contribution is 2.13. The first kappa shape index (κ1) is 16.0. The van der Waals surface area contributed by atoms with Crippen LogP contribution in [-0.2, 0) is 0 Å². The van der Waals surface area contributed by atoms with Crippen LogP contribution in [0.3, 0.4) is 0 Å². The van der Waals surface area contributed by atoms with Gasteiger partial charge in [0, 0.05) is 0 Å². The highest BCUT2D eigenvalue weighted by molar-refractivity contribution is 4.49. The molecular formula is C16H36N2+2. The van der Waals surface area contributed by atoms with Crippen molar-refractivity contribution in [2.45, 2.75) is 51.4 Å². The Kier molecular flexibility index (Phi) is 6.65. The molecule has 1 heterocycles. The van der Waals surface area contributed by atoms with Gasteiger partial charge in [0.15, 0.2) is 0 Å². The largest absolute Gasteiger partial charge is 0.328 e. The van der Waals surface area contributed by atoms with Gasteiger partial charge in [0.05, 0.1) is 54.4 Å². The van der Waals surface area contributed by atoms with Crippen molar-refractivity contribution in [1.82, 2.24) is 0 Å². The molecule has 0 unspecified atom stereocenters. The van der Waals surface area contributed by atoms with Gasteiger partial charge < -0.3 is 8.97 Å². The summed E-state index contributed by atoms with van der Waals surface area (Å²) in [5.74, 6) is 0. The van der Waals surface area contributed by atoms with Crippen molar-refractivity contribution in [3.05, 3.63) is 0 Å². The first-order valence-corrected chi connectivity index (χ1v) is 8.05. The van der Waals surface area contributed by atoms with Gasteiger partial charge in [0.1, 0.15) is 0 Å². The van der Waals surface area contributed by atoms with Crippen molar-refractivity contribution >= 4 is 0 Å². The highest BCUT2D eigenvalue weighted by Gasteiger charge is 2.16. The third kappa shape index (κ3) is 7.38. The average molecular weight is 256 g/mol. The third-order valence-corrected chi connectivity index (χ3v) is 4.55. The van der Waals surface area contributed by atoms with E-state index in [4.69, 9.17) is 0 Å². The van der Waals surface area contributed by atoms with Crippen LogP contribution in [0.5, 0.6) is 0 Å². The van der Waals surface area contributed by atoms with Crippen LogP contribution >= 0.6 is 0 Å². The van der Waals surface area contributed by atoms with Crippen molar-refractivity contribution in [1.29, 1.82) is 0 Å². The van der Waals surface area contributed by atoms with Crippen LogP contribution in [0.4, 0.5) is 0 Å². The quantitative estimate of drug-likeness (QED) is 0.584. The van der Waals surface area contributed by atoms with Gasteiger partial charge in [-0.15, -0.1) is 0 Å². The van der Waals surface area contributed by atoms with Crippen LogP contribution in [0, 0.1) is 0 Å². The fourth-order valence-corrected chi connectivity index (χ4v) is 3.09. The van der Waals surface area contributed by atoms with Crippen molar-refractivity contribution in [3.63, 3.8) is 0 Å². The van der Waals surface area contributed by atoms with Crippen molar-refractivity contribution in [3.8, 4) is 0 Å². The number of hydrogen-bond acceptors (Lipinski definition) is 0. The van der Waals surface area contributed by atoms with Crippen LogP contribution < -0.4 is 0 Å². The summed E-state index contributed by atoms with van der Waals surface area (Å²) in [6.07, 6.45) is 11.4. The summed E-state index contributed by atoms with van der Waals surface area (Å²) < 4.78 is 2.48. The molecule has 0 bridgehead atoms. The van der Waals surface area contributed by atoms with Crippen LogP contribution in [0.25, 0.3) is 0 Å². The Morgan fingerprint density at radius 2 is 0.611 bits per heavy atom. The predicted octanol–water partition coefficient (Wildman–Crippen LogP) is 3.27. The zero-order valence-corrected chi connectivity index (χ0v) is 13.4. The van der Waals surface area contributed by atoms with Crippen molar-refractivity contribution in [2.24, 2.45) is 0 Å². The summed E-state index contributed by atoms with van der Waals surface area (Å²) >= 11 is 0. The fraction of sp³-hybridized carbons (Fsp3) is 1.00. The molecule has 0 atom stereocenters.